The highest BCUT2D eigenvalue weighted by molar-refractivity contribution is 6.08. The van der Waals surface area contributed by atoms with Crippen LogP contribution in [0.25, 0.3) is 32.9 Å². The standard InChI is InChI=1S/C25H18N4O3/c26-24(30)20-13-28-22-11-14(19-12-27-21-7-2-1-6-17(19)21)8-9-18(22)23(20)29-16-5-3-4-15(10-16)25(31)32/h1-13,27H,(H2,26,30)(H,28,29)(H,31,32). The summed E-state index contributed by atoms with van der Waals surface area (Å²) < 4.78 is 0. The number of primary amides is 1. The second-order valence-corrected chi connectivity index (χ2v) is 7.40. The molecule has 0 unspecified atom stereocenters. The van der Waals surface area contributed by atoms with E-state index in [2.05, 4.69) is 21.4 Å². The van der Waals surface area contributed by atoms with Gasteiger partial charge in [0.1, 0.15) is 0 Å². The molecule has 0 bridgehead atoms. The van der Waals surface area contributed by atoms with Crippen molar-refractivity contribution in [3.8, 4) is 11.1 Å². The summed E-state index contributed by atoms with van der Waals surface area (Å²) in [7, 11) is 0. The highest BCUT2D eigenvalue weighted by Crippen LogP contribution is 2.34. The lowest BCUT2D eigenvalue weighted by Crippen LogP contribution is -2.14. The number of nitrogens with zero attached hydrogens (tertiary/aromatic N) is 1. The van der Waals surface area contributed by atoms with Crippen LogP contribution >= 0.6 is 0 Å². The third-order valence-corrected chi connectivity index (χ3v) is 5.41. The Morgan fingerprint density at radius 1 is 0.969 bits per heavy atom. The maximum atomic E-state index is 12.1. The normalized spacial score (nSPS) is 11.0. The molecule has 0 radical (unpaired) electrons. The summed E-state index contributed by atoms with van der Waals surface area (Å²) in [6.07, 6.45) is 3.40. The van der Waals surface area contributed by atoms with Crippen molar-refractivity contribution in [3.63, 3.8) is 0 Å². The van der Waals surface area contributed by atoms with Crippen molar-refractivity contribution in [1.82, 2.24) is 9.97 Å². The zero-order valence-corrected chi connectivity index (χ0v) is 16.8. The molecule has 5 rings (SSSR count). The SMILES string of the molecule is NC(=O)c1cnc2cc(-c3c[nH]c4ccccc34)ccc2c1Nc1cccc(C(=O)O)c1. The summed E-state index contributed by atoms with van der Waals surface area (Å²) in [6.45, 7) is 0. The zero-order chi connectivity index (χ0) is 22.2. The van der Waals surface area contributed by atoms with Crippen LogP contribution in [0.15, 0.2) is 79.1 Å². The lowest BCUT2D eigenvalue weighted by molar-refractivity contribution is 0.0696. The van der Waals surface area contributed by atoms with E-state index in [1.165, 1.54) is 18.3 Å². The Hall–Kier alpha value is -4.65. The molecule has 1 amide bonds. The second-order valence-electron chi connectivity index (χ2n) is 7.40. The van der Waals surface area contributed by atoms with Crippen molar-refractivity contribution < 1.29 is 14.7 Å². The highest BCUT2D eigenvalue weighted by atomic mass is 16.4. The van der Waals surface area contributed by atoms with Gasteiger partial charge in [0.05, 0.1) is 22.3 Å². The molecule has 156 valence electrons. The molecule has 2 heterocycles. The van der Waals surface area contributed by atoms with E-state index >= 15 is 0 Å². The summed E-state index contributed by atoms with van der Waals surface area (Å²) in [5.74, 6) is -1.66. The van der Waals surface area contributed by atoms with Gasteiger partial charge in [-0.25, -0.2) is 4.79 Å². The predicted octanol–water partition coefficient (Wildman–Crippen LogP) is 4.92. The number of hydrogen-bond donors (Lipinski definition) is 4. The van der Waals surface area contributed by atoms with Crippen LogP contribution in [-0.4, -0.2) is 27.0 Å². The molecular formula is C25H18N4O3. The third-order valence-electron chi connectivity index (χ3n) is 5.41. The Balaban J connectivity index is 1.64. The van der Waals surface area contributed by atoms with Gasteiger partial charge in [-0.2, -0.15) is 0 Å². The number of carbonyl (C=O) groups is 2. The fourth-order valence-electron chi connectivity index (χ4n) is 3.87. The average Bonchev–Trinajstić information content (AvgIpc) is 3.23. The van der Waals surface area contributed by atoms with Crippen LogP contribution in [-0.2, 0) is 0 Å². The first-order valence-corrected chi connectivity index (χ1v) is 9.91. The van der Waals surface area contributed by atoms with Gasteiger partial charge in [-0.1, -0.05) is 36.4 Å². The van der Waals surface area contributed by atoms with Crippen LogP contribution in [0.2, 0.25) is 0 Å². The number of H-pyrrole nitrogens is 1. The van der Waals surface area contributed by atoms with Crippen LogP contribution in [0.4, 0.5) is 11.4 Å². The molecule has 7 nitrogen and oxygen atoms in total. The number of fused-ring (bicyclic) bond motifs is 2. The number of aromatic nitrogens is 2. The number of para-hydroxylation sites is 1. The Kier molecular flexibility index (Phi) is 4.56. The minimum atomic E-state index is -1.04. The number of carboxylic acid groups (broad SMARTS) is 1. The molecule has 0 aliphatic heterocycles. The number of benzene rings is 3. The minimum absolute atomic E-state index is 0.135. The van der Waals surface area contributed by atoms with E-state index < -0.39 is 11.9 Å². The number of hydrogen-bond acceptors (Lipinski definition) is 4. The molecule has 7 heteroatoms. The molecule has 5 aromatic rings. The van der Waals surface area contributed by atoms with Gasteiger partial charge in [0.25, 0.3) is 5.91 Å². The third kappa shape index (κ3) is 3.31. The number of carbonyl (C=O) groups excluding carboxylic acids is 1. The molecule has 0 fully saturated rings. The molecule has 0 aliphatic rings. The van der Waals surface area contributed by atoms with E-state index in [4.69, 9.17) is 5.73 Å². The van der Waals surface area contributed by atoms with E-state index in [0.717, 1.165) is 22.0 Å². The average molecular weight is 422 g/mol. The van der Waals surface area contributed by atoms with Crippen LogP contribution in [0.3, 0.4) is 0 Å². The van der Waals surface area contributed by atoms with E-state index in [1.807, 2.05) is 42.6 Å². The number of aromatic amines is 1. The largest absolute Gasteiger partial charge is 0.478 e. The molecule has 3 aromatic carbocycles. The predicted molar refractivity (Wildman–Crippen MR) is 124 cm³/mol. The fraction of sp³-hybridized carbons (Fsp3) is 0. The number of aromatic carboxylic acids is 1. The molecule has 0 saturated carbocycles. The first kappa shape index (κ1) is 19.3. The second kappa shape index (κ2) is 7.55. The summed E-state index contributed by atoms with van der Waals surface area (Å²) in [4.78, 5) is 31.1. The number of pyridine rings is 1. The molecule has 0 aliphatic carbocycles. The van der Waals surface area contributed by atoms with E-state index in [0.29, 0.717) is 22.3 Å². The molecular weight excluding hydrogens is 404 g/mol. The molecule has 0 atom stereocenters. The van der Waals surface area contributed by atoms with Gasteiger partial charge in [0.15, 0.2) is 0 Å². The monoisotopic (exact) mass is 422 g/mol. The Bertz CT molecular complexity index is 1520. The van der Waals surface area contributed by atoms with Crippen molar-refractivity contribution in [2.45, 2.75) is 0 Å². The van der Waals surface area contributed by atoms with Gasteiger partial charge >= 0.3 is 5.97 Å². The van der Waals surface area contributed by atoms with Crippen LogP contribution in [0.1, 0.15) is 20.7 Å². The smallest absolute Gasteiger partial charge is 0.335 e. The topological polar surface area (TPSA) is 121 Å². The van der Waals surface area contributed by atoms with Gasteiger partial charge in [-0.3, -0.25) is 9.78 Å². The maximum Gasteiger partial charge on any atom is 0.335 e. The Morgan fingerprint density at radius 3 is 2.62 bits per heavy atom. The van der Waals surface area contributed by atoms with Crippen LogP contribution in [0, 0.1) is 0 Å². The van der Waals surface area contributed by atoms with Crippen LogP contribution in [0.5, 0.6) is 0 Å². The van der Waals surface area contributed by atoms with Gasteiger partial charge in [0, 0.05) is 39.9 Å². The van der Waals surface area contributed by atoms with Crippen molar-refractivity contribution in [1.29, 1.82) is 0 Å². The number of anilines is 2. The lowest BCUT2D eigenvalue weighted by Gasteiger charge is -2.14. The fourth-order valence-corrected chi connectivity index (χ4v) is 3.87. The molecule has 0 saturated heterocycles. The number of amides is 1. The van der Waals surface area contributed by atoms with E-state index in [1.54, 1.807) is 12.1 Å². The summed E-state index contributed by atoms with van der Waals surface area (Å²) in [6, 6.07) is 20.2. The molecule has 5 N–H and O–H groups in total. The highest BCUT2D eigenvalue weighted by Gasteiger charge is 2.16. The van der Waals surface area contributed by atoms with Crippen molar-refractivity contribution >= 4 is 45.1 Å². The Labute approximate surface area is 182 Å². The van der Waals surface area contributed by atoms with Crippen molar-refractivity contribution in [2.24, 2.45) is 5.73 Å². The number of nitrogens with one attached hydrogen (secondary N) is 2. The van der Waals surface area contributed by atoms with Crippen molar-refractivity contribution in [3.05, 3.63) is 90.3 Å². The first-order valence-electron chi connectivity index (χ1n) is 9.91. The lowest BCUT2D eigenvalue weighted by atomic mass is 10.0. The van der Waals surface area contributed by atoms with E-state index in [-0.39, 0.29) is 11.1 Å². The summed E-state index contributed by atoms with van der Waals surface area (Å²) in [5, 5.41) is 14.2. The van der Waals surface area contributed by atoms with Gasteiger partial charge in [-0.05, 0) is 35.9 Å². The van der Waals surface area contributed by atoms with Crippen LogP contribution < -0.4 is 11.1 Å². The number of nitrogens with two attached hydrogens (primary N) is 1. The minimum Gasteiger partial charge on any atom is -0.478 e. The first-order chi connectivity index (χ1) is 15.5. The molecule has 0 spiro atoms. The van der Waals surface area contributed by atoms with Gasteiger partial charge in [-0.15, -0.1) is 0 Å². The van der Waals surface area contributed by atoms with E-state index in [9.17, 15) is 14.7 Å². The zero-order valence-electron chi connectivity index (χ0n) is 16.8. The van der Waals surface area contributed by atoms with Crippen molar-refractivity contribution in [2.75, 3.05) is 5.32 Å². The molecule has 2 aromatic heterocycles. The molecule has 32 heavy (non-hydrogen) atoms. The van der Waals surface area contributed by atoms with Gasteiger partial charge in [0.2, 0.25) is 0 Å². The Morgan fingerprint density at radius 2 is 1.81 bits per heavy atom. The summed E-state index contributed by atoms with van der Waals surface area (Å²) >= 11 is 0. The quantitative estimate of drug-likeness (QED) is 0.320. The number of carboxylic acids is 1. The maximum absolute atomic E-state index is 12.1. The number of rotatable bonds is 5. The summed E-state index contributed by atoms with van der Waals surface area (Å²) in [5.41, 5.74) is 10.7. The van der Waals surface area contributed by atoms with Gasteiger partial charge < -0.3 is 21.1 Å².